The summed E-state index contributed by atoms with van der Waals surface area (Å²) >= 11 is 0. The van der Waals surface area contributed by atoms with Crippen molar-refractivity contribution in [2.24, 2.45) is 0 Å². The molecule has 0 amide bonds. The number of anilines is 1. The van der Waals surface area contributed by atoms with Gasteiger partial charge in [-0.2, -0.15) is 0 Å². The van der Waals surface area contributed by atoms with Gasteiger partial charge in [0.25, 0.3) is 5.69 Å². The summed E-state index contributed by atoms with van der Waals surface area (Å²) in [5.41, 5.74) is 4.70. The first kappa shape index (κ1) is 20.9. The van der Waals surface area contributed by atoms with Gasteiger partial charge >= 0.3 is 0 Å². The Morgan fingerprint density at radius 1 is 1.11 bits per heavy atom. The third kappa shape index (κ3) is 6.11. The number of carbonyl (C=O) groups is 1. The number of nitrogens with one attached hydrogen (secondary N) is 1. The minimum Gasteiger partial charge on any atom is -0.497 e. The van der Waals surface area contributed by atoms with Gasteiger partial charge < -0.3 is 10.1 Å². The fourth-order valence-electron chi connectivity index (χ4n) is 2.20. The molecule has 0 aliphatic rings. The summed E-state index contributed by atoms with van der Waals surface area (Å²) < 4.78 is 5.13. The minimum absolute atomic E-state index is 0.0353. The highest BCUT2D eigenvalue weighted by molar-refractivity contribution is 6.84. The lowest BCUT2D eigenvalue weighted by Crippen LogP contribution is -2.17. The third-order valence-corrected chi connectivity index (χ3v) is 4.53. The van der Waals surface area contributed by atoms with Crippen LogP contribution in [0, 0.1) is 21.6 Å². The van der Waals surface area contributed by atoms with Crippen LogP contribution in [-0.4, -0.2) is 25.9 Å². The van der Waals surface area contributed by atoms with Crippen molar-refractivity contribution in [3.05, 3.63) is 70.4 Å². The summed E-state index contributed by atoms with van der Waals surface area (Å²) in [6.45, 7) is 6.16. The number of hydrogen-bond donors (Lipinski definition) is 1. The van der Waals surface area contributed by atoms with Crippen LogP contribution in [0.15, 0.2) is 54.7 Å². The number of hydrogen-bond acceptors (Lipinski definition) is 5. The molecule has 0 unspecified atom stereocenters. The molecule has 28 heavy (non-hydrogen) atoms. The van der Waals surface area contributed by atoms with Crippen molar-refractivity contribution < 1.29 is 14.5 Å². The van der Waals surface area contributed by atoms with Crippen LogP contribution in [0.3, 0.4) is 0 Å². The highest BCUT2D eigenvalue weighted by Gasteiger charge is 2.14. The molecular weight excluding hydrogens is 372 g/mol. The normalized spacial score (nSPS) is 11.2. The third-order valence-electron chi connectivity index (χ3n) is 3.66. The molecule has 2 aromatic rings. The zero-order valence-electron chi connectivity index (χ0n) is 16.3. The smallest absolute Gasteiger partial charge is 0.269 e. The van der Waals surface area contributed by atoms with Crippen molar-refractivity contribution in [3.8, 4) is 17.2 Å². The topological polar surface area (TPSA) is 81.5 Å². The zero-order valence-corrected chi connectivity index (χ0v) is 17.3. The number of non-ortho nitro benzene ring substituents is 1. The molecule has 0 saturated heterocycles. The molecule has 0 aliphatic heterocycles. The number of allylic oxidation sites excluding steroid dienone is 1. The SMILES string of the molecule is COc1ccc(N/C=C(\C(=O)C#C[Si](C)(C)C)c2ccc([N+](=O)[O-])cc2)cc1. The Morgan fingerprint density at radius 2 is 1.71 bits per heavy atom. The Balaban J connectivity index is 2.37. The quantitative estimate of drug-likeness (QED) is 0.256. The van der Waals surface area contributed by atoms with E-state index in [0.717, 1.165) is 11.4 Å². The average molecular weight is 395 g/mol. The summed E-state index contributed by atoms with van der Waals surface area (Å²) in [5.74, 6) is 3.11. The lowest BCUT2D eigenvalue weighted by molar-refractivity contribution is -0.384. The van der Waals surface area contributed by atoms with Gasteiger partial charge in [-0.1, -0.05) is 19.6 Å². The molecule has 1 N–H and O–H groups in total. The van der Waals surface area contributed by atoms with E-state index in [1.54, 1.807) is 37.6 Å². The molecule has 0 aliphatic carbocycles. The van der Waals surface area contributed by atoms with Crippen LogP contribution in [0.4, 0.5) is 11.4 Å². The van der Waals surface area contributed by atoms with E-state index in [1.807, 2.05) is 12.1 Å². The molecule has 7 heteroatoms. The van der Waals surface area contributed by atoms with E-state index in [1.165, 1.54) is 12.1 Å². The molecule has 0 aromatic heterocycles. The van der Waals surface area contributed by atoms with Gasteiger partial charge in [0.15, 0.2) is 0 Å². The number of benzene rings is 2. The summed E-state index contributed by atoms with van der Waals surface area (Å²) in [6, 6.07) is 13.1. The lowest BCUT2D eigenvalue weighted by Gasteiger charge is -2.08. The number of ketones is 1. The Morgan fingerprint density at radius 3 is 2.21 bits per heavy atom. The number of nitro groups is 1. The number of Topliss-reactive ketones (excluding diaryl/α,β-unsaturated/α-hetero) is 1. The second kappa shape index (κ2) is 9.02. The summed E-state index contributed by atoms with van der Waals surface area (Å²) in [7, 11) is -0.133. The van der Waals surface area contributed by atoms with Gasteiger partial charge in [0.2, 0.25) is 5.78 Å². The fourth-order valence-corrected chi connectivity index (χ4v) is 2.69. The standard InChI is InChI=1S/C21H22N2O4Si/c1-27-19-11-7-17(8-12-19)22-15-20(21(24)13-14-28(2,3)4)16-5-9-18(10-6-16)23(25)26/h5-12,15,22H,1-4H3/b20-15-. The molecule has 0 fully saturated rings. The number of carbonyl (C=O) groups excluding carboxylic acids is 1. The number of methoxy groups -OCH3 is 1. The van der Waals surface area contributed by atoms with E-state index in [9.17, 15) is 14.9 Å². The Hall–Kier alpha value is -3.37. The molecule has 144 valence electrons. The van der Waals surface area contributed by atoms with E-state index in [0.29, 0.717) is 11.1 Å². The monoisotopic (exact) mass is 394 g/mol. The molecule has 0 bridgehead atoms. The highest BCUT2D eigenvalue weighted by Crippen LogP contribution is 2.21. The van der Waals surface area contributed by atoms with Crippen LogP contribution >= 0.6 is 0 Å². The summed E-state index contributed by atoms with van der Waals surface area (Å²) in [5, 5.41) is 14.0. The van der Waals surface area contributed by atoms with Crippen molar-refractivity contribution in [1.82, 2.24) is 0 Å². The van der Waals surface area contributed by atoms with E-state index >= 15 is 0 Å². The first-order chi connectivity index (χ1) is 13.2. The van der Waals surface area contributed by atoms with Gasteiger partial charge in [-0.25, -0.2) is 0 Å². The molecule has 2 aromatic carbocycles. The van der Waals surface area contributed by atoms with Crippen LogP contribution in [0.1, 0.15) is 5.56 Å². The van der Waals surface area contributed by atoms with Gasteiger partial charge in [0, 0.05) is 24.0 Å². The van der Waals surface area contributed by atoms with Crippen molar-refractivity contribution in [1.29, 1.82) is 0 Å². The molecule has 0 atom stereocenters. The van der Waals surface area contributed by atoms with E-state index in [4.69, 9.17) is 4.74 Å². The molecule has 0 heterocycles. The first-order valence-electron chi connectivity index (χ1n) is 8.63. The number of nitrogens with zero attached hydrogens (tertiary/aromatic N) is 1. The second-order valence-electron chi connectivity index (χ2n) is 7.06. The Labute approximate surface area is 165 Å². The van der Waals surface area contributed by atoms with Crippen LogP contribution in [0.5, 0.6) is 5.75 Å². The molecular formula is C21H22N2O4Si. The van der Waals surface area contributed by atoms with E-state index < -0.39 is 13.0 Å². The van der Waals surface area contributed by atoms with Crippen LogP contribution in [-0.2, 0) is 4.79 Å². The molecule has 0 spiro atoms. The Bertz CT molecular complexity index is 947. The number of rotatable bonds is 6. The van der Waals surface area contributed by atoms with E-state index in [-0.39, 0.29) is 11.5 Å². The molecule has 2 rings (SSSR count). The molecule has 0 saturated carbocycles. The average Bonchev–Trinajstić information content (AvgIpc) is 2.67. The predicted octanol–water partition coefficient (Wildman–Crippen LogP) is 4.51. The second-order valence-corrected chi connectivity index (χ2v) is 11.8. The van der Waals surface area contributed by atoms with E-state index in [2.05, 4.69) is 36.4 Å². The van der Waals surface area contributed by atoms with Gasteiger partial charge in [-0.05, 0) is 47.9 Å². The van der Waals surface area contributed by atoms with Crippen LogP contribution in [0.2, 0.25) is 19.6 Å². The van der Waals surface area contributed by atoms with Crippen molar-refractivity contribution in [3.63, 3.8) is 0 Å². The Kier molecular flexibility index (Phi) is 6.74. The van der Waals surface area contributed by atoms with Gasteiger partial charge in [0.05, 0.1) is 17.6 Å². The molecule has 0 radical (unpaired) electrons. The largest absolute Gasteiger partial charge is 0.497 e. The van der Waals surface area contributed by atoms with Gasteiger partial charge in [-0.3, -0.25) is 14.9 Å². The fraction of sp³-hybridized carbons (Fsp3) is 0.190. The minimum atomic E-state index is -1.72. The van der Waals surface area contributed by atoms with Gasteiger partial charge in [0.1, 0.15) is 13.8 Å². The van der Waals surface area contributed by atoms with Crippen LogP contribution in [0.25, 0.3) is 5.57 Å². The first-order valence-corrected chi connectivity index (χ1v) is 12.1. The van der Waals surface area contributed by atoms with Crippen molar-refractivity contribution >= 4 is 30.8 Å². The number of ether oxygens (including phenoxy) is 1. The summed E-state index contributed by atoms with van der Waals surface area (Å²) in [4.78, 5) is 23.1. The maximum absolute atomic E-state index is 12.7. The van der Waals surface area contributed by atoms with Crippen LogP contribution < -0.4 is 10.1 Å². The predicted molar refractivity (Wildman–Crippen MR) is 114 cm³/mol. The maximum atomic E-state index is 12.7. The van der Waals surface area contributed by atoms with Crippen molar-refractivity contribution in [2.45, 2.75) is 19.6 Å². The molecule has 6 nitrogen and oxygen atoms in total. The number of nitro benzene ring substituents is 1. The summed E-state index contributed by atoms with van der Waals surface area (Å²) in [6.07, 6.45) is 1.57. The zero-order chi connectivity index (χ0) is 20.7. The lowest BCUT2D eigenvalue weighted by atomic mass is 10.0. The maximum Gasteiger partial charge on any atom is 0.269 e. The van der Waals surface area contributed by atoms with Gasteiger partial charge in [-0.15, -0.1) is 5.54 Å². The van der Waals surface area contributed by atoms with Crippen molar-refractivity contribution in [2.75, 3.05) is 12.4 Å². The highest BCUT2D eigenvalue weighted by atomic mass is 28.3.